The van der Waals surface area contributed by atoms with E-state index in [1.165, 1.54) is 17.6 Å². The summed E-state index contributed by atoms with van der Waals surface area (Å²) in [6.45, 7) is 1.81. The SMILES string of the molecule is Cc1nc2c(C(=O)Nc3nc4ccccc4s3)nc(-c3ccco3)cc2n1C1CCS(=O)(=O)C1. The van der Waals surface area contributed by atoms with E-state index in [4.69, 9.17) is 4.42 Å². The number of hydrogen-bond donors (Lipinski definition) is 1. The van der Waals surface area contributed by atoms with Crippen LogP contribution in [0.2, 0.25) is 0 Å². The highest BCUT2D eigenvalue weighted by Crippen LogP contribution is 2.33. The van der Waals surface area contributed by atoms with Crippen molar-refractivity contribution in [3.63, 3.8) is 0 Å². The van der Waals surface area contributed by atoms with Gasteiger partial charge in [-0.3, -0.25) is 10.1 Å². The lowest BCUT2D eigenvalue weighted by Gasteiger charge is -2.14. The normalized spacial score (nSPS) is 17.5. The average molecular weight is 494 g/mol. The molecule has 5 heterocycles. The molecule has 1 amide bonds. The summed E-state index contributed by atoms with van der Waals surface area (Å²) in [5, 5.41) is 3.31. The van der Waals surface area contributed by atoms with Crippen molar-refractivity contribution in [1.29, 1.82) is 0 Å². The van der Waals surface area contributed by atoms with E-state index in [1.54, 1.807) is 18.2 Å². The highest BCUT2D eigenvalue weighted by atomic mass is 32.2. The van der Waals surface area contributed by atoms with Crippen molar-refractivity contribution in [3.8, 4) is 11.5 Å². The van der Waals surface area contributed by atoms with Gasteiger partial charge in [0.05, 0.1) is 39.5 Å². The summed E-state index contributed by atoms with van der Waals surface area (Å²) < 4.78 is 32.7. The maximum atomic E-state index is 13.4. The van der Waals surface area contributed by atoms with Crippen LogP contribution in [0.4, 0.5) is 5.13 Å². The zero-order valence-corrected chi connectivity index (χ0v) is 19.7. The number of nitrogens with one attached hydrogen (secondary N) is 1. The predicted octanol–water partition coefficient (Wildman–Crippen LogP) is 4.22. The van der Waals surface area contributed by atoms with E-state index >= 15 is 0 Å². The number of nitrogens with zero attached hydrogens (tertiary/aromatic N) is 4. The van der Waals surface area contributed by atoms with Crippen molar-refractivity contribution in [2.24, 2.45) is 0 Å². The summed E-state index contributed by atoms with van der Waals surface area (Å²) >= 11 is 1.37. The maximum Gasteiger partial charge on any atom is 0.278 e. The van der Waals surface area contributed by atoms with Gasteiger partial charge in [0.15, 0.2) is 26.4 Å². The third-order valence-electron chi connectivity index (χ3n) is 5.93. The van der Waals surface area contributed by atoms with Crippen LogP contribution >= 0.6 is 11.3 Å². The number of carbonyl (C=O) groups is 1. The second kappa shape index (κ2) is 7.74. The van der Waals surface area contributed by atoms with Crippen molar-refractivity contribution in [2.45, 2.75) is 19.4 Å². The Balaban J connectivity index is 1.48. The number of thiazole rings is 1. The molecule has 172 valence electrons. The minimum absolute atomic E-state index is 0.0466. The Hall–Kier alpha value is -3.57. The van der Waals surface area contributed by atoms with E-state index in [9.17, 15) is 13.2 Å². The third-order valence-corrected chi connectivity index (χ3v) is 8.63. The van der Waals surface area contributed by atoms with Crippen LogP contribution in [0.25, 0.3) is 32.7 Å². The van der Waals surface area contributed by atoms with E-state index in [-0.39, 0.29) is 23.2 Å². The molecule has 4 aromatic heterocycles. The Kier molecular flexibility index (Phi) is 4.78. The Bertz CT molecular complexity index is 1640. The quantitative estimate of drug-likeness (QED) is 0.398. The molecule has 0 bridgehead atoms. The van der Waals surface area contributed by atoms with E-state index in [0.717, 1.165) is 10.2 Å². The molecule has 0 saturated carbocycles. The van der Waals surface area contributed by atoms with Gasteiger partial charge >= 0.3 is 0 Å². The number of aryl methyl sites for hydroxylation is 1. The standard InChI is InChI=1S/C23H19N5O4S2/c1-13-24-20-17(28(13)14-8-10-34(30,31)12-14)11-16(18-6-4-9-32-18)25-21(20)22(29)27-23-26-15-5-2-3-7-19(15)33-23/h2-7,9,11,14H,8,10,12H2,1H3,(H,26,27,29). The Labute approximate surface area is 198 Å². The summed E-state index contributed by atoms with van der Waals surface area (Å²) in [7, 11) is -3.11. The number of carbonyl (C=O) groups excluding carboxylic acids is 1. The third kappa shape index (κ3) is 3.57. The molecule has 11 heteroatoms. The number of rotatable bonds is 4. The second-order valence-electron chi connectivity index (χ2n) is 8.23. The molecular weight excluding hydrogens is 474 g/mol. The zero-order valence-electron chi connectivity index (χ0n) is 18.1. The first-order valence-corrected chi connectivity index (χ1v) is 13.3. The fraction of sp³-hybridized carbons (Fsp3) is 0.217. The van der Waals surface area contributed by atoms with E-state index < -0.39 is 15.7 Å². The summed E-state index contributed by atoms with van der Waals surface area (Å²) in [6, 6.07) is 12.7. The van der Waals surface area contributed by atoms with Gasteiger partial charge in [-0.1, -0.05) is 23.5 Å². The highest BCUT2D eigenvalue weighted by Gasteiger charge is 2.32. The molecule has 1 saturated heterocycles. The van der Waals surface area contributed by atoms with Crippen molar-refractivity contribution in [1.82, 2.24) is 19.5 Å². The van der Waals surface area contributed by atoms with Crippen LogP contribution in [-0.2, 0) is 9.84 Å². The summed E-state index contributed by atoms with van der Waals surface area (Å²) in [5.74, 6) is 0.870. The number of anilines is 1. The molecule has 5 aromatic rings. The first kappa shape index (κ1) is 21.0. The van der Waals surface area contributed by atoms with Crippen LogP contribution in [0.5, 0.6) is 0 Å². The highest BCUT2D eigenvalue weighted by molar-refractivity contribution is 7.91. The number of amides is 1. The number of imidazole rings is 1. The number of para-hydroxylation sites is 1. The van der Waals surface area contributed by atoms with Crippen LogP contribution in [-0.4, -0.2) is 45.3 Å². The summed E-state index contributed by atoms with van der Waals surface area (Å²) in [4.78, 5) is 27.1. The minimum Gasteiger partial charge on any atom is -0.463 e. The molecule has 1 atom stereocenters. The number of benzene rings is 1. The van der Waals surface area contributed by atoms with Crippen molar-refractivity contribution < 1.29 is 17.6 Å². The van der Waals surface area contributed by atoms with Crippen LogP contribution < -0.4 is 5.32 Å². The fourth-order valence-electron chi connectivity index (χ4n) is 4.44. The molecule has 1 aliphatic rings. The largest absolute Gasteiger partial charge is 0.463 e. The van der Waals surface area contributed by atoms with E-state index in [1.807, 2.05) is 35.8 Å². The predicted molar refractivity (Wildman–Crippen MR) is 130 cm³/mol. The molecule has 0 radical (unpaired) electrons. The molecule has 0 spiro atoms. The molecule has 1 fully saturated rings. The van der Waals surface area contributed by atoms with E-state index in [2.05, 4.69) is 20.3 Å². The van der Waals surface area contributed by atoms with Gasteiger partial charge in [-0.25, -0.2) is 23.4 Å². The summed E-state index contributed by atoms with van der Waals surface area (Å²) in [5.41, 5.74) is 2.46. The number of aromatic nitrogens is 4. The number of pyridine rings is 1. The summed E-state index contributed by atoms with van der Waals surface area (Å²) in [6.07, 6.45) is 2.04. The molecule has 1 aromatic carbocycles. The smallest absolute Gasteiger partial charge is 0.278 e. The lowest BCUT2D eigenvalue weighted by atomic mass is 10.2. The van der Waals surface area contributed by atoms with Crippen LogP contribution in [0.15, 0.2) is 53.1 Å². The first-order chi connectivity index (χ1) is 16.4. The molecule has 9 nitrogen and oxygen atoms in total. The Morgan fingerprint density at radius 2 is 2.03 bits per heavy atom. The van der Waals surface area contributed by atoms with Gasteiger partial charge in [0.1, 0.15) is 17.0 Å². The first-order valence-electron chi connectivity index (χ1n) is 10.7. The number of sulfone groups is 1. The lowest BCUT2D eigenvalue weighted by molar-refractivity contribution is 0.102. The molecule has 1 aliphatic heterocycles. The number of furan rings is 1. The molecule has 34 heavy (non-hydrogen) atoms. The van der Waals surface area contributed by atoms with Crippen molar-refractivity contribution >= 4 is 53.5 Å². The molecular formula is C23H19N5O4S2. The van der Waals surface area contributed by atoms with Crippen molar-refractivity contribution in [2.75, 3.05) is 16.8 Å². The van der Waals surface area contributed by atoms with Gasteiger partial charge in [-0.2, -0.15) is 0 Å². The Morgan fingerprint density at radius 1 is 1.18 bits per heavy atom. The Morgan fingerprint density at radius 3 is 2.76 bits per heavy atom. The number of hydrogen-bond acceptors (Lipinski definition) is 8. The second-order valence-corrected chi connectivity index (χ2v) is 11.5. The van der Waals surface area contributed by atoms with E-state index in [0.29, 0.717) is 39.9 Å². The lowest BCUT2D eigenvalue weighted by Crippen LogP contribution is -2.15. The van der Waals surface area contributed by atoms with Crippen LogP contribution in [0.1, 0.15) is 28.8 Å². The van der Waals surface area contributed by atoms with Gasteiger partial charge in [-0.15, -0.1) is 0 Å². The molecule has 1 N–H and O–H groups in total. The molecule has 0 aliphatic carbocycles. The van der Waals surface area contributed by atoms with Gasteiger partial charge in [0.25, 0.3) is 5.91 Å². The molecule has 1 unspecified atom stereocenters. The fourth-order valence-corrected chi connectivity index (χ4v) is 7.00. The van der Waals surface area contributed by atoms with Crippen LogP contribution in [0, 0.1) is 6.92 Å². The average Bonchev–Trinajstić information content (AvgIpc) is 3.57. The number of fused-ring (bicyclic) bond motifs is 2. The van der Waals surface area contributed by atoms with Gasteiger partial charge < -0.3 is 8.98 Å². The van der Waals surface area contributed by atoms with Gasteiger partial charge in [0.2, 0.25) is 0 Å². The molecule has 6 rings (SSSR count). The zero-order chi connectivity index (χ0) is 23.4. The van der Waals surface area contributed by atoms with Gasteiger partial charge in [-0.05, 0) is 43.7 Å². The van der Waals surface area contributed by atoms with Crippen molar-refractivity contribution in [3.05, 3.63) is 60.2 Å². The minimum atomic E-state index is -3.11. The topological polar surface area (TPSA) is 120 Å². The monoisotopic (exact) mass is 493 g/mol. The van der Waals surface area contributed by atoms with Gasteiger partial charge in [0, 0.05) is 0 Å². The maximum absolute atomic E-state index is 13.4. The van der Waals surface area contributed by atoms with Crippen LogP contribution in [0.3, 0.4) is 0 Å².